The first kappa shape index (κ1) is 7.45. The number of azo groups is 1. The average molecular weight is 162 g/mol. The Morgan fingerprint density at radius 2 is 2.25 bits per heavy atom. The molecule has 0 spiro atoms. The summed E-state index contributed by atoms with van der Waals surface area (Å²) in [6.07, 6.45) is 6.75. The summed E-state index contributed by atoms with van der Waals surface area (Å²) in [6.45, 7) is 0. The fourth-order valence-electron chi connectivity index (χ4n) is 1.19. The van der Waals surface area contributed by atoms with Crippen LogP contribution in [0.15, 0.2) is 45.7 Å². The third-order valence-corrected chi connectivity index (χ3v) is 1.84. The van der Waals surface area contributed by atoms with Gasteiger partial charge in [0.2, 0.25) is 0 Å². The number of hydrogen-bond donors (Lipinski definition) is 2. The first-order valence-corrected chi connectivity index (χ1v) is 3.63. The van der Waals surface area contributed by atoms with E-state index in [-0.39, 0.29) is 6.04 Å². The molecule has 0 aromatic heterocycles. The summed E-state index contributed by atoms with van der Waals surface area (Å²) in [4.78, 5) is 0. The Hall–Kier alpha value is -1.20. The molecule has 4 nitrogen and oxygen atoms in total. The second-order valence-corrected chi connectivity index (χ2v) is 2.68. The Kier molecular flexibility index (Phi) is 1.67. The van der Waals surface area contributed by atoms with Crippen LogP contribution in [-0.2, 0) is 0 Å². The van der Waals surface area contributed by atoms with Crippen molar-refractivity contribution in [1.29, 1.82) is 0 Å². The summed E-state index contributed by atoms with van der Waals surface area (Å²) < 4.78 is 0. The number of fused-ring (bicyclic) bond motifs is 1. The molecule has 12 heavy (non-hydrogen) atoms. The SMILES string of the molecule is OB(O)C1=CC2=CN=N[C@@H]2C=C1. The fraction of sp³-hybridized carbons (Fsp3) is 0.143. The molecule has 1 heterocycles. The lowest BCUT2D eigenvalue weighted by Gasteiger charge is -2.10. The molecule has 0 saturated carbocycles. The van der Waals surface area contributed by atoms with Crippen LogP contribution in [0.3, 0.4) is 0 Å². The molecule has 0 radical (unpaired) electrons. The van der Waals surface area contributed by atoms with E-state index in [0.29, 0.717) is 5.47 Å². The average Bonchev–Trinajstić information content (AvgIpc) is 2.49. The van der Waals surface area contributed by atoms with E-state index in [1.807, 2.05) is 0 Å². The molecular formula is C7H7BN2O2. The van der Waals surface area contributed by atoms with Gasteiger partial charge in [0.25, 0.3) is 0 Å². The summed E-state index contributed by atoms with van der Waals surface area (Å²) in [6, 6.07) is -0.0208. The quantitative estimate of drug-likeness (QED) is 0.541. The van der Waals surface area contributed by atoms with Gasteiger partial charge in [-0.1, -0.05) is 18.2 Å². The molecule has 2 aliphatic rings. The van der Waals surface area contributed by atoms with E-state index in [9.17, 15) is 0 Å². The Balaban J connectivity index is 2.28. The Morgan fingerprint density at radius 1 is 1.42 bits per heavy atom. The minimum absolute atomic E-state index is 0.0208. The van der Waals surface area contributed by atoms with Gasteiger partial charge in [-0.2, -0.15) is 10.2 Å². The Morgan fingerprint density at radius 3 is 3.00 bits per heavy atom. The maximum absolute atomic E-state index is 8.84. The highest BCUT2D eigenvalue weighted by Gasteiger charge is 2.21. The number of nitrogens with zero attached hydrogens (tertiary/aromatic N) is 2. The summed E-state index contributed by atoms with van der Waals surface area (Å²) in [5.74, 6) is 0. The van der Waals surface area contributed by atoms with E-state index in [1.165, 1.54) is 0 Å². The highest BCUT2D eigenvalue weighted by atomic mass is 16.4. The van der Waals surface area contributed by atoms with E-state index < -0.39 is 7.12 Å². The molecule has 0 saturated heterocycles. The molecule has 0 fully saturated rings. The van der Waals surface area contributed by atoms with Crippen molar-refractivity contribution in [1.82, 2.24) is 0 Å². The molecular weight excluding hydrogens is 155 g/mol. The molecule has 1 aliphatic carbocycles. The van der Waals surface area contributed by atoms with Crippen LogP contribution in [0.2, 0.25) is 0 Å². The first-order chi connectivity index (χ1) is 5.77. The predicted octanol–water partition coefficient (Wildman–Crippen LogP) is 0.213. The molecule has 0 amide bonds. The van der Waals surface area contributed by atoms with Crippen LogP contribution in [0, 0.1) is 0 Å². The van der Waals surface area contributed by atoms with Gasteiger partial charge in [0.1, 0.15) is 6.04 Å². The number of rotatable bonds is 1. The van der Waals surface area contributed by atoms with E-state index in [2.05, 4.69) is 10.2 Å². The molecule has 0 aromatic rings. The molecule has 0 bridgehead atoms. The maximum atomic E-state index is 8.84. The van der Waals surface area contributed by atoms with Gasteiger partial charge >= 0.3 is 7.12 Å². The molecule has 60 valence electrons. The van der Waals surface area contributed by atoms with Crippen LogP contribution in [0.25, 0.3) is 0 Å². The Bertz CT molecular complexity index is 317. The van der Waals surface area contributed by atoms with Crippen molar-refractivity contribution >= 4 is 7.12 Å². The topological polar surface area (TPSA) is 65.2 Å². The lowest BCUT2D eigenvalue weighted by Crippen LogP contribution is -2.17. The monoisotopic (exact) mass is 162 g/mol. The lowest BCUT2D eigenvalue weighted by atomic mass is 9.75. The van der Waals surface area contributed by atoms with Crippen molar-refractivity contribution in [2.24, 2.45) is 10.2 Å². The minimum atomic E-state index is -1.41. The summed E-state index contributed by atoms with van der Waals surface area (Å²) in [5, 5.41) is 25.3. The van der Waals surface area contributed by atoms with Gasteiger partial charge in [-0.3, -0.25) is 0 Å². The van der Waals surface area contributed by atoms with Crippen LogP contribution in [0.5, 0.6) is 0 Å². The van der Waals surface area contributed by atoms with Crippen molar-refractivity contribution in [3.63, 3.8) is 0 Å². The van der Waals surface area contributed by atoms with Gasteiger partial charge < -0.3 is 10.0 Å². The van der Waals surface area contributed by atoms with Crippen LogP contribution in [0.4, 0.5) is 0 Å². The molecule has 1 aliphatic heterocycles. The van der Waals surface area contributed by atoms with Gasteiger partial charge in [-0.15, -0.1) is 0 Å². The number of hydrogen-bond acceptors (Lipinski definition) is 4. The van der Waals surface area contributed by atoms with Crippen molar-refractivity contribution in [2.45, 2.75) is 6.04 Å². The molecule has 0 aromatic carbocycles. The molecule has 5 heteroatoms. The van der Waals surface area contributed by atoms with E-state index in [0.717, 1.165) is 5.57 Å². The van der Waals surface area contributed by atoms with Crippen molar-refractivity contribution < 1.29 is 10.0 Å². The van der Waals surface area contributed by atoms with Crippen molar-refractivity contribution in [3.8, 4) is 0 Å². The zero-order chi connectivity index (χ0) is 8.55. The van der Waals surface area contributed by atoms with E-state index in [1.54, 1.807) is 24.4 Å². The zero-order valence-electron chi connectivity index (χ0n) is 6.25. The highest BCUT2D eigenvalue weighted by molar-refractivity contribution is 6.52. The number of allylic oxidation sites excluding steroid dienone is 2. The first-order valence-electron chi connectivity index (χ1n) is 3.63. The van der Waals surface area contributed by atoms with Gasteiger partial charge in [-0.25, -0.2) is 0 Å². The second-order valence-electron chi connectivity index (χ2n) is 2.68. The predicted molar refractivity (Wildman–Crippen MR) is 44.1 cm³/mol. The molecule has 1 atom stereocenters. The highest BCUT2D eigenvalue weighted by Crippen LogP contribution is 2.23. The Labute approximate surface area is 69.8 Å². The lowest BCUT2D eigenvalue weighted by molar-refractivity contribution is 0.420. The normalized spacial score (nSPS) is 25.0. The zero-order valence-corrected chi connectivity index (χ0v) is 6.25. The summed E-state index contributed by atoms with van der Waals surface area (Å²) in [5.41, 5.74) is 1.38. The van der Waals surface area contributed by atoms with Gasteiger partial charge in [0.05, 0.1) is 6.20 Å². The van der Waals surface area contributed by atoms with Crippen molar-refractivity contribution in [3.05, 3.63) is 35.5 Å². The molecule has 2 N–H and O–H groups in total. The summed E-state index contributed by atoms with van der Waals surface area (Å²) in [7, 11) is -1.41. The largest absolute Gasteiger partial charge is 0.488 e. The van der Waals surface area contributed by atoms with Crippen LogP contribution < -0.4 is 0 Å². The van der Waals surface area contributed by atoms with Crippen molar-refractivity contribution in [2.75, 3.05) is 0 Å². The van der Waals surface area contributed by atoms with Crippen LogP contribution in [-0.4, -0.2) is 23.2 Å². The summed E-state index contributed by atoms with van der Waals surface area (Å²) >= 11 is 0. The van der Waals surface area contributed by atoms with E-state index >= 15 is 0 Å². The minimum Gasteiger partial charge on any atom is -0.423 e. The van der Waals surface area contributed by atoms with Gasteiger partial charge in [0, 0.05) is 5.57 Å². The van der Waals surface area contributed by atoms with Crippen LogP contribution >= 0.6 is 0 Å². The smallest absolute Gasteiger partial charge is 0.423 e. The molecule has 0 unspecified atom stereocenters. The fourth-order valence-corrected chi connectivity index (χ4v) is 1.19. The van der Waals surface area contributed by atoms with Crippen LogP contribution in [0.1, 0.15) is 0 Å². The van der Waals surface area contributed by atoms with Gasteiger partial charge in [0.15, 0.2) is 0 Å². The third-order valence-electron chi connectivity index (χ3n) is 1.84. The maximum Gasteiger partial charge on any atom is 0.488 e. The van der Waals surface area contributed by atoms with E-state index in [4.69, 9.17) is 10.0 Å². The third kappa shape index (κ3) is 1.13. The molecule has 2 rings (SSSR count). The van der Waals surface area contributed by atoms with Gasteiger partial charge in [-0.05, 0) is 5.47 Å². The second kappa shape index (κ2) is 2.69. The standard InChI is InChI=1S/C7H7BN2O2/c11-8(12)6-1-2-7-5(3-6)4-9-10-7/h1-4,7,11-12H/t7-/m1/s1.